The van der Waals surface area contributed by atoms with Gasteiger partial charge >= 0.3 is 0 Å². The van der Waals surface area contributed by atoms with Gasteiger partial charge in [-0.2, -0.15) is 0 Å². The molecule has 0 spiro atoms. The number of fused-ring (bicyclic) bond motifs is 1. The van der Waals surface area contributed by atoms with E-state index < -0.39 is 0 Å². The van der Waals surface area contributed by atoms with E-state index in [1.54, 1.807) is 18.3 Å². The Hall–Kier alpha value is -3.81. The van der Waals surface area contributed by atoms with Crippen LogP contribution in [0.4, 0.5) is 5.69 Å². The van der Waals surface area contributed by atoms with Gasteiger partial charge in [-0.3, -0.25) is 15.1 Å². The van der Waals surface area contributed by atoms with E-state index in [2.05, 4.69) is 79.6 Å². The number of thiophene rings is 1. The molecule has 4 N–H and O–H groups in total. The SMILES string of the molecule is CC(=O)c1ccc(C2=CC=C(C)CC3(C)NC(C(=N)c4nc(C5=C[C@@H](C)C=CC(CN6CCCCC6)=C5)ccc4N)=CCC23)s1. The molecule has 4 heterocycles. The van der Waals surface area contributed by atoms with Gasteiger partial charge in [0.15, 0.2) is 5.78 Å². The van der Waals surface area contributed by atoms with Gasteiger partial charge in [0, 0.05) is 22.9 Å². The number of nitrogen functional groups attached to an aromatic ring is 1. The van der Waals surface area contributed by atoms with E-state index in [0.717, 1.165) is 59.2 Å². The molecule has 1 saturated heterocycles. The van der Waals surface area contributed by atoms with E-state index in [1.807, 2.05) is 18.2 Å². The van der Waals surface area contributed by atoms with Crippen LogP contribution in [0.2, 0.25) is 0 Å². The molecule has 3 atom stereocenters. The van der Waals surface area contributed by atoms with Crippen LogP contribution in [0.5, 0.6) is 0 Å². The summed E-state index contributed by atoms with van der Waals surface area (Å²) in [6.07, 6.45) is 21.1. The van der Waals surface area contributed by atoms with Gasteiger partial charge in [0.1, 0.15) is 11.4 Å². The van der Waals surface area contributed by atoms with Crippen molar-refractivity contribution in [2.45, 2.75) is 65.3 Å². The molecule has 0 aromatic carbocycles. The lowest BCUT2D eigenvalue weighted by molar-refractivity contribution is 0.102. The van der Waals surface area contributed by atoms with Crippen molar-refractivity contribution < 1.29 is 4.79 Å². The van der Waals surface area contributed by atoms with E-state index in [1.165, 1.54) is 36.0 Å². The van der Waals surface area contributed by atoms with Gasteiger partial charge in [-0.15, -0.1) is 11.3 Å². The third-order valence-corrected chi connectivity index (χ3v) is 10.8. The maximum atomic E-state index is 12.0. The molecule has 2 aromatic rings. The number of aromatic nitrogens is 1. The van der Waals surface area contributed by atoms with Crippen molar-refractivity contribution in [1.82, 2.24) is 15.2 Å². The summed E-state index contributed by atoms with van der Waals surface area (Å²) in [5.74, 6) is 0.561. The summed E-state index contributed by atoms with van der Waals surface area (Å²) < 4.78 is 0. The second-order valence-electron chi connectivity index (χ2n) is 13.4. The van der Waals surface area contributed by atoms with Crippen LogP contribution in [0.1, 0.15) is 85.7 Å². The third-order valence-electron chi connectivity index (χ3n) is 9.53. The first-order chi connectivity index (χ1) is 21.6. The number of nitrogens with zero attached hydrogens (tertiary/aromatic N) is 2. The first kappa shape index (κ1) is 31.2. The van der Waals surface area contributed by atoms with Gasteiger partial charge in [0.05, 0.1) is 22.0 Å². The van der Waals surface area contributed by atoms with Gasteiger partial charge in [-0.1, -0.05) is 55.4 Å². The number of carbonyl (C=O) groups excluding carboxylic acids is 1. The summed E-state index contributed by atoms with van der Waals surface area (Å²) in [6.45, 7) is 11.5. The van der Waals surface area contributed by atoms with Crippen molar-refractivity contribution in [1.29, 1.82) is 5.41 Å². The minimum atomic E-state index is -0.316. The summed E-state index contributed by atoms with van der Waals surface area (Å²) >= 11 is 1.56. The summed E-state index contributed by atoms with van der Waals surface area (Å²) in [5, 5.41) is 13.1. The quantitative estimate of drug-likeness (QED) is 0.216. The number of nitrogens with one attached hydrogen (secondary N) is 2. The predicted octanol–water partition coefficient (Wildman–Crippen LogP) is 7.98. The summed E-state index contributed by atoms with van der Waals surface area (Å²) in [5.41, 5.74) is 14.0. The van der Waals surface area contributed by atoms with E-state index >= 15 is 0 Å². The number of hydrogen-bond acceptors (Lipinski definition) is 7. The molecular weight excluding hydrogens is 575 g/mol. The number of pyridine rings is 1. The maximum absolute atomic E-state index is 12.0. The molecule has 0 radical (unpaired) electrons. The molecule has 234 valence electrons. The summed E-state index contributed by atoms with van der Waals surface area (Å²) in [4.78, 5) is 21.5. The van der Waals surface area contributed by atoms with Crippen LogP contribution in [-0.4, -0.2) is 46.6 Å². The van der Waals surface area contributed by atoms with Crippen LogP contribution in [0.15, 0.2) is 83.6 Å². The maximum Gasteiger partial charge on any atom is 0.169 e. The molecule has 0 amide bonds. The van der Waals surface area contributed by atoms with Crippen molar-refractivity contribution in [2.75, 3.05) is 25.4 Å². The Morgan fingerprint density at radius 2 is 1.98 bits per heavy atom. The highest BCUT2D eigenvalue weighted by molar-refractivity contribution is 7.15. The Labute approximate surface area is 271 Å². The number of nitrogens with two attached hydrogens (primary N) is 1. The smallest absolute Gasteiger partial charge is 0.169 e. The van der Waals surface area contributed by atoms with Gasteiger partial charge in [0.25, 0.3) is 0 Å². The number of likely N-dealkylation sites (tertiary alicyclic amines) is 1. The second kappa shape index (κ2) is 12.9. The average Bonchev–Trinajstić information content (AvgIpc) is 3.38. The molecule has 7 heteroatoms. The van der Waals surface area contributed by atoms with Crippen molar-refractivity contribution in [3.05, 3.63) is 105 Å². The Morgan fingerprint density at radius 3 is 2.73 bits per heavy atom. The van der Waals surface area contributed by atoms with Gasteiger partial charge in [0.2, 0.25) is 0 Å². The molecule has 6 rings (SSSR count). The normalized spacial score (nSPS) is 25.4. The van der Waals surface area contributed by atoms with Gasteiger partial charge in [-0.25, -0.2) is 4.98 Å². The van der Waals surface area contributed by atoms with E-state index in [9.17, 15) is 10.2 Å². The molecule has 4 aliphatic rings. The minimum Gasteiger partial charge on any atom is -0.397 e. The Bertz CT molecular complexity index is 1700. The third kappa shape index (κ3) is 6.75. The fourth-order valence-electron chi connectivity index (χ4n) is 7.17. The molecule has 45 heavy (non-hydrogen) atoms. The van der Waals surface area contributed by atoms with Crippen molar-refractivity contribution >= 4 is 39.7 Å². The number of carbonyl (C=O) groups is 1. The molecule has 2 aliphatic carbocycles. The minimum absolute atomic E-state index is 0.0960. The predicted molar refractivity (Wildman–Crippen MR) is 189 cm³/mol. The molecule has 2 aliphatic heterocycles. The van der Waals surface area contributed by atoms with E-state index in [0.29, 0.717) is 17.1 Å². The average molecular weight is 620 g/mol. The number of hydrogen-bond donors (Lipinski definition) is 3. The van der Waals surface area contributed by atoms with Gasteiger partial charge in [-0.05, 0) is 113 Å². The van der Waals surface area contributed by atoms with Crippen LogP contribution >= 0.6 is 11.3 Å². The number of rotatable bonds is 7. The lowest BCUT2D eigenvalue weighted by Gasteiger charge is -2.43. The Balaban J connectivity index is 1.28. The van der Waals surface area contributed by atoms with Crippen LogP contribution in [0, 0.1) is 17.2 Å². The standard InChI is InChI=1S/C38H45N5OS/c1-24-8-10-27(23-43-18-6-5-7-19-43)21-28(20-24)32-15-13-31(39)37(41-32)36(40)33-14-12-30-29(35-17-16-34(45-35)26(3)44)11-9-25(2)22-38(30,4)42-33/h8-11,13-17,20-21,24,30,40,42H,5-7,12,18-19,22-23,39H2,1-4H3/t24-,30?,38?/m0/s1. The van der Waals surface area contributed by atoms with Crippen molar-refractivity contribution in [2.24, 2.45) is 11.8 Å². The topological polar surface area (TPSA) is 95.1 Å². The zero-order valence-corrected chi connectivity index (χ0v) is 27.8. The number of ketones is 1. The monoisotopic (exact) mass is 619 g/mol. The summed E-state index contributed by atoms with van der Waals surface area (Å²) in [6, 6.07) is 7.89. The highest BCUT2D eigenvalue weighted by Crippen LogP contribution is 2.45. The molecule has 0 saturated carbocycles. The molecule has 1 fully saturated rings. The summed E-state index contributed by atoms with van der Waals surface area (Å²) in [7, 11) is 0. The lowest BCUT2D eigenvalue weighted by atomic mass is 9.73. The first-order valence-electron chi connectivity index (χ1n) is 16.3. The number of allylic oxidation sites excluding steroid dienone is 8. The molecular formula is C38H45N5OS. The van der Waals surface area contributed by atoms with Gasteiger partial charge < -0.3 is 11.1 Å². The van der Waals surface area contributed by atoms with E-state index in [-0.39, 0.29) is 23.2 Å². The number of piperidine rings is 1. The molecule has 2 unspecified atom stereocenters. The van der Waals surface area contributed by atoms with Crippen LogP contribution in [0.25, 0.3) is 11.1 Å². The van der Waals surface area contributed by atoms with E-state index in [4.69, 9.17) is 10.7 Å². The number of Topliss-reactive ketones (excluding diaryl/α,β-unsaturated/α-hetero) is 1. The van der Waals surface area contributed by atoms with Crippen LogP contribution in [-0.2, 0) is 0 Å². The van der Waals surface area contributed by atoms with Crippen LogP contribution < -0.4 is 11.1 Å². The molecule has 6 nitrogen and oxygen atoms in total. The van der Waals surface area contributed by atoms with Crippen LogP contribution in [0.3, 0.4) is 0 Å². The Morgan fingerprint density at radius 1 is 1.18 bits per heavy atom. The fourth-order valence-corrected chi connectivity index (χ4v) is 8.15. The molecule has 2 aromatic heterocycles. The molecule has 0 bridgehead atoms. The first-order valence-corrected chi connectivity index (χ1v) is 17.1. The highest BCUT2D eigenvalue weighted by atomic mass is 32.1. The largest absolute Gasteiger partial charge is 0.397 e. The number of anilines is 1. The highest BCUT2D eigenvalue weighted by Gasteiger charge is 2.41. The second-order valence-corrected chi connectivity index (χ2v) is 14.5. The zero-order chi connectivity index (χ0) is 31.7. The Kier molecular flexibility index (Phi) is 8.94. The zero-order valence-electron chi connectivity index (χ0n) is 27.0. The lowest BCUT2D eigenvalue weighted by Crippen LogP contribution is -2.52. The fraction of sp³-hybridized carbons (Fsp3) is 0.395. The van der Waals surface area contributed by atoms with Crippen molar-refractivity contribution in [3.63, 3.8) is 0 Å². The van der Waals surface area contributed by atoms with Crippen molar-refractivity contribution in [3.8, 4) is 0 Å².